The van der Waals surface area contributed by atoms with Gasteiger partial charge < -0.3 is 15.7 Å². The van der Waals surface area contributed by atoms with Crippen molar-refractivity contribution in [3.05, 3.63) is 36.9 Å². The lowest BCUT2D eigenvalue weighted by Gasteiger charge is -2.13. The first kappa shape index (κ1) is 16.7. The summed E-state index contributed by atoms with van der Waals surface area (Å²) in [6.07, 6.45) is 1.42. The number of anilines is 1. The summed E-state index contributed by atoms with van der Waals surface area (Å²) in [7, 11) is -3.89. The lowest BCUT2D eigenvalue weighted by Crippen LogP contribution is -2.42. The summed E-state index contributed by atoms with van der Waals surface area (Å²) in [4.78, 5) is 22.4. The average molecular weight is 313 g/mol. The van der Waals surface area contributed by atoms with E-state index in [2.05, 4.69) is 17.2 Å². The zero-order valence-corrected chi connectivity index (χ0v) is 11.8. The van der Waals surface area contributed by atoms with Crippen molar-refractivity contribution >= 4 is 27.7 Å². The highest BCUT2D eigenvalue weighted by atomic mass is 32.2. The molecule has 1 rings (SSSR count). The molecular formula is C12H15N3O5S. The number of nitrogens with one attached hydrogen (secondary N) is 2. The summed E-state index contributed by atoms with van der Waals surface area (Å²) in [6, 6.07) is 3.37. The number of carboxylic acid groups (broad SMARTS) is 1. The van der Waals surface area contributed by atoms with Crippen LogP contribution in [-0.4, -0.2) is 31.6 Å². The Morgan fingerprint density at radius 1 is 1.43 bits per heavy atom. The quantitative estimate of drug-likeness (QED) is 0.566. The second-order valence-electron chi connectivity index (χ2n) is 4.09. The molecule has 21 heavy (non-hydrogen) atoms. The highest BCUT2D eigenvalue weighted by Gasteiger charge is 2.18. The molecule has 0 bridgehead atoms. The third-order valence-corrected chi connectivity index (χ3v) is 3.34. The topological polar surface area (TPSA) is 139 Å². The monoisotopic (exact) mass is 313 g/mol. The third kappa shape index (κ3) is 5.24. The van der Waals surface area contributed by atoms with E-state index in [9.17, 15) is 18.0 Å². The van der Waals surface area contributed by atoms with Gasteiger partial charge >= 0.3 is 12.0 Å². The van der Waals surface area contributed by atoms with Crippen molar-refractivity contribution in [1.82, 2.24) is 5.32 Å². The summed E-state index contributed by atoms with van der Waals surface area (Å²) in [5.41, 5.74) is 0.168. The molecule has 1 aromatic carbocycles. The van der Waals surface area contributed by atoms with Crippen LogP contribution >= 0.6 is 0 Å². The number of aliphatic carboxylic acids is 1. The number of sulfonamides is 1. The van der Waals surface area contributed by atoms with Crippen molar-refractivity contribution in [3.8, 4) is 0 Å². The first-order valence-corrected chi connectivity index (χ1v) is 7.32. The van der Waals surface area contributed by atoms with Crippen LogP contribution in [0.25, 0.3) is 0 Å². The standard InChI is InChI=1S/C12H15N3O5S/c1-2-4-10(11(16)17)15-12(18)14-8-5-3-6-9(7-8)21(13,19)20/h2-3,5-7,10H,1,4H2,(H,16,17)(H2,13,19,20)(H2,14,15,18). The number of hydrogen-bond acceptors (Lipinski definition) is 4. The van der Waals surface area contributed by atoms with Crippen LogP contribution in [0.2, 0.25) is 0 Å². The summed E-state index contributed by atoms with van der Waals surface area (Å²) < 4.78 is 22.4. The lowest BCUT2D eigenvalue weighted by atomic mass is 10.2. The van der Waals surface area contributed by atoms with Gasteiger partial charge in [-0.1, -0.05) is 12.1 Å². The predicted octanol–water partition coefficient (Wildman–Crippen LogP) is 0.485. The molecule has 114 valence electrons. The minimum absolute atomic E-state index is 0.0555. The van der Waals surface area contributed by atoms with Gasteiger partial charge in [-0.25, -0.2) is 23.1 Å². The second-order valence-corrected chi connectivity index (χ2v) is 5.65. The van der Waals surface area contributed by atoms with E-state index in [0.717, 1.165) is 6.07 Å². The molecule has 0 saturated carbocycles. The van der Waals surface area contributed by atoms with E-state index < -0.39 is 28.1 Å². The molecule has 0 heterocycles. The molecule has 2 amide bonds. The number of carboxylic acids is 1. The minimum atomic E-state index is -3.89. The molecule has 0 saturated heterocycles. The van der Waals surface area contributed by atoms with Gasteiger partial charge in [0.25, 0.3) is 0 Å². The van der Waals surface area contributed by atoms with Crippen molar-refractivity contribution in [2.24, 2.45) is 5.14 Å². The van der Waals surface area contributed by atoms with Crippen molar-refractivity contribution in [1.29, 1.82) is 0 Å². The van der Waals surface area contributed by atoms with E-state index >= 15 is 0 Å². The van der Waals surface area contributed by atoms with E-state index in [-0.39, 0.29) is 17.0 Å². The highest BCUT2D eigenvalue weighted by Crippen LogP contribution is 2.13. The fraction of sp³-hybridized carbons (Fsp3) is 0.167. The Morgan fingerprint density at radius 3 is 2.62 bits per heavy atom. The fourth-order valence-electron chi connectivity index (χ4n) is 1.46. The van der Waals surface area contributed by atoms with Crippen LogP contribution in [0, 0.1) is 0 Å². The number of primary sulfonamides is 1. The number of nitrogens with two attached hydrogens (primary N) is 1. The van der Waals surface area contributed by atoms with E-state index in [1.54, 1.807) is 0 Å². The van der Waals surface area contributed by atoms with Crippen LogP contribution < -0.4 is 15.8 Å². The van der Waals surface area contributed by atoms with E-state index in [1.165, 1.54) is 24.3 Å². The van der Waals surface area contributed by atoms with Gasteiger partial charge in [0.15, 0.2) is 0 Å². The maximum Gasteiger partial charge on any atom is 0.326 e. The number of rotatable bonds is 6. The van der Waals surface area contributed by atoms with E-state index in [1.807, 2.05) is 0 Å². The van der Waals surface area contributed by atoms with Gasteiger partial charge in [-0.2, -0.15) is 0 Å². The number of benzene rings is 1. The molecule has 0 aliphatic heterocycles. The first-order valence-electron chi connectivity index (χ1n) is 5.78. The molecule has 0 aliphatic carbocycles. The fourth-order valence-corrected chi connectivity index (χ4v) is 2.02. The third-order valence-electron chi connectivity index (χ3n) is 2.43. The number of amides is 2. The number of urea groups is 1. The summed E-state index contributed by atoms with van der Waals surface area (Å²) >= 11 is 0. The Balaban J connectivity index is 2.79. The SMILES string of the molecule is C=CCC(NC(=O)Nc1cccc(S(N)(=O)=O)c1)C(=O)O. The minimum Gasteiger partial charge on any atom is -0.480 e. The van der Waals surface area contributed by atoms with Crippen LogP contribution in [-0.2, 0) is 14.8 Å². The number of carbonyl (C=O) groups is 2. The van der Waals surface area contributed by atoms with Crippen LogP contribution in [0.15, 0.2) is 41.8 Å². The molecule has 9 heteroatoms. The maximum absolute atomic E-state index is 11.7. The normalized spacial score (nSPS) is 12.2. The average Bonchev–Trinajstić information content (AvgIpc) is 2.37. The molecule has 8 nitrogen and oxygen atoms in total. The molecule has 0 radical (unpaired) electrons. The van der Waals surface area contributed by atoms with Crippen LogP contribution in [0.5, 0.6) is 0 Å². The maximum atomic E-state index is 11.7. The lowest BCUT2D eigenvalue weighted by molar-refractivity contribution is -0.139. The van der Waals surface area contributed by atoms with Crippen LogP contribution in [0.1, 0.15) is 6.42 Å². The van der Waals surface area contributed by atoms with Gasteiger partial charge in [0, 0.05) is 5.69 Å². The van der Waals surface area contributed by atoms with E-state index in [0.29, 0.717) is 0 Å². The van der Waals surface area contributed by atoms with Gasteiger partial charge in [0.05, 0.1) is 4.90 Å². The Labute approximate surface area is 121 Å². The van der Waals surface area contributed by atoms with Gasteiger partial charge in [-0.05, 0) is 24.6 Å². The molecule has 0 fully saturated rings. The Kier molecular flexibility index (Phi) is 5.44. The Morgan fingerprint density at radius 2 is 2.10 bits per heavy atom. The summed E-state index contributed by atoms with van der Waals surface area (Å²) in [5.74, 6) is -1.21. The zero-order valence-electron chi connectivity index (χ0n) is 10.9. The highest BCUT2D eigenvalue weighted by molar-refractivity contribution is 7.89. The van der Waals surface area contributed by atoms with Gasteiger partial charge in [0.1, 0.15) is 6.04 Å². The van der Waals surface area contributed by atoms with Gasteiger partial charge in [-0.15, -0.1) is 6.58 Å². The van der Waals surface area contributed by atoms with Crippen LogP contribution in [0.3, 0.4) is 0 Å². The Hall–Kier alpha value is -2.39. The molecule has 1 unspecified atom stereocenters. The summed E-state index contributed by atoms with van der Waals surface area (Å²) in [6.45, 7) is 3.40. The summed E-state index contributed by atoms with van der Waals surface area (Å²) in [5, 5.41) is 18.4. The molecule has 1 aromatic rings. The van der Waals surface area contributed by atoms with Crippen LogP contribution in [0.4, 0.5) is 10.5 Å². The Bertz CT molecular complexity index is 657. The van der Waals surface area contributed by atoms with Crippen molar-refractivity contribution in [3.63, 3.8) is 0 Å². The van der Waals surface area contributed by atoms with E-state index in [4.69, 9.17) is 10.2 Å². The molecule has 0 aliphatic rings. The number of hydrogen-bond donors (Lipinski definition) is 4. The van der Waals surface area contributed by atoms with Crippen molar-refractivity contribution in [2.75, 3.05) is 5.32 Å². The largest absolute Gasteiger partial charge is 0.480 e. The molecule has 1 atom stereocenters. The predicted molar refractivity (Wildman–Crippen MR) is 76.2 cm³/mol. The smallest absolute Gasteiger partial charge is 0.326 e. The molecule has 0 spiro atoms. The van der Waals surface area contributed by atoms with Crippen molar-refractivity contribution < 1.29 is 23.1 Å². The first-order chi connectivity index (χ1) is 9.74. The van der Waals surface area contributed by atoms with Gasteiger partial charge in [0.2, 0.25) is 10.0 Å². The zero-order chi connectivity index (χ0) is 16.0. The number of carbonyl (C=O) groups excluding carboxylic acids is 1. The molecule has 0 aromatic heterocycles. The molecule has 5 N–H and O–H groups in total. The second kappa shape index (κ2) is 6.86. The van der Waals surface area contributed by atoms with Crippen molar-refractivity contribution in [2.45, 2.75) is 17.4 Å². The molecular weight excluding hydrogens is 298 g/mol. The van der Waals surface area contributed by atoms with Gasteiger partial charge in [-0.3, -0.25) is 0 Å².